The van der Waals surface area contributed by atoms with Gasteiger partial charge in [-0.05, 0) is 92.2 Å². The molecule has 2 heterocycles. The number of aliphatic imine (C=N–C) groups is 1. The number of amides is 1. The molecule has 0 radical (unpaired) electrons. The summed E-state index contributed by atoms with van der Waals surface area (Å²) in [4.78, 5) is 19.8. The van der Waals surface area contributed by atoms with Crippen LogP contribution in [0.3, 0.4) is 0 Å². The summed E-state index contributed by atoms with van der Waals surface area (Å²) >= 11 is 1.37. The average Bonchev–Trinajstić information content (AvgIpc) is 3.20. The van der Waals surface area contributed by atoms with Gasteiger partial charge in [0.15, 0.2) is 5.17 Å². The molecule has 1 N–H and O–H groups in total. The van der Waals surface area contributed by atoms with Crippen molar-refractivity contribution < 1.29 is 4.79 Å². The van der Waals surface area contributed by atoms with E-state index in [1.807, 2.05) is 51.4 Å². The highest BCUT2D eigenvalue weighted by Gasteiger charge is 2.24. The lowest BCUT2D eigenvalue weighted by Gasteiger charge is -2.14. The molecule has 1 fully saturated rings. The maximum atomic E-state index is 12.5. The van der Waals surface area contributed by atoms with Crippen LogP contribution in [0.15, 0.2) is 64.5 Å². The van der Waals surface area contributed by atoms with E-state index in [0.717, 1.165) is 39.6 Å². The van der Waals surface area contributed by atoms with Crippen LogP contribution in [0, 0.1) is 20.8 Å². The Balaban J connectivity index is 1.62. The predicted molar refractivity (Wildman–Crippen MR) is 132 cm³/mol. The van der Waals surface area contributed by atoms with Crippen molar-refractivity contribution >= 4 is 40.3 Å². The zero-order valence-electron chi connectivity index (χ0n) is 18.4. The number of thioether (sulfide) groups is 1. The molecule has 2 aromatic carbocycles. The lowest BCUT2D eigenvalue weighted by atomic mass is 10.2. The van der Waals surface area contributed by atoms with Crippen molar-refractivity contribution in [3.05, 3.63) is 82.0 Å². The highest BCUT2D eigenvalue weighted by Crippen LogP contribution is 2.31. The van der Waals surface area contributed by atoms with Crippen molar-refractivity contribution in [3.8, 4) is 5.69 Å². The Morgan fingerprint density at radius 3 is 2.45 bits per heavy atom. The normalized spacial score (nSPS) is 16.2. The number of aryl methyl sites for hydroxylation is 2. The van der Waals surface area contributed by atoms with E-state index in [2.05, 4.69) is 64.0 Å². The summed E-state index contributed by atoms with van der Waals surface area (Å²) in [6.07, 6.45) is 1.95. The quantitative estimate of drug-likeness (QED) is 0.567. The van der Waals surface area contributed by atoms with Gasteiger partial charge in [-0.15, -0.1) is 0 Å². The molecule has 6 heteroatoms. The van der Waals surface area contributed by atoms with Gasteiger partial charge in [-0.2, -0.15) is 0 Å². The number of rotatable bonds is 4. The lowest BCUT2D eigenvalue weighted by Crippen LogP contribution is -2.19. The molecule has 4 rings (SSSR count). The highest BCUT2D eigenvalue weighted by molar-refractivity contribution is 8.18. The first-order chi connectivity index (χ1) is 14.8. The average molecular weight is 431 g/mol. The van der Waals surface area contributed by atoms with Crippen molar-refractivity contribution in [1.82, 2.24) is 9.88 Å². The van der Waals surface area contributed by atoms with Crippen LogP contribution in [0.5, 0.6) is 0 Å². The molecule has 1 saturated heterocycles. The van der Waals surface area contributed by atoms with Crippen molar-refractivity contribution in [1.29, 1.82) is 0 Å². The number of carbonyl (C=O) groups excluding carboxylic acids is 1. The first kappa shape index (κ1) is 21.0. The molecule has 0 spiro atoms. The number of hydrogen-bond donors (Lipinski definition) is 1. The van der Waals surface area contributed by atoms with Crippen molar-refractivity contribution in [2.75, 3.05) is 19.0 Å². The molecule has 31 heavy (non-hydrogen) atoms. The van der Waals surface area contributed by atoms with Crippen LogP contribution in [0.4, 0.5) is 11.4 Å². The van der Waals surface area contributed by atoms with Gasteiger partial charge < -0.3 is 14.8 Å². The third kappa shape index (κ3) is 4.44. The molecule has 1 aliphatic heterocycles. The fraction of sp³-hybridized carbons (Fsp3) is 0.200. The Morgan fingerprint density at radius 2 is 1.77 bits per heavy atom. The van der Waals surface area contributed by atoms with E-state index in [1.54, 1.807) is 0 Å². The molecule has 0 saturated carbocycles. The second-order valence-electron chi connectivity index (χ2n) is 7.89. The molecule has 0 unspecified atom stereocenters. The van der Waals surface area contributed by atoms with Gasteiger partial charge in [0.1, 0.15) is 0 Å². The Bertz CT molecular complexity index is 1200. The largest absolute Gasteiger partial charge is 0.378 e. The Labute approximate surface area is 187 Å². The van der Waals surface area contributed by atoms with Crippen LogP contribution < -0.4 is 10.2 Å². The van der Waals surface area contributed by atoms with E-state index < -0.39 is 0 Å². The summed E-state index contributed by atoms with van der Waals surface area (Å²) in [7, 11) is 4.07. The molecule has 1 amide bonds. The van der Waals surface area contributed by atoms with Crippen molar-refractivity contribution in [2.45, 2.75) is 20.8 Å². The van der Waals surface area contributed by atoms with Gasteiger partial charge in [0.2, 0.25) is 0 Å². The number of aromatic nitrogens is 1. The number of nitrogens with one attached hydrogen (secondary N) is 1. The lowest BCUT2D eigenvalue weighted by molar-refractivity contribution is -0.115. The Kier molecular flexibility index (Phi) is 5.74. The number of carbonyl (C=O) groups is 1. The minimum absolute atomic E-state index is 0.114. The van der Waals surface area contributed by atoms with E-state index >= 15 is 0 Å². The summed E-state index contributed by atoms with van der Waals surface area (Å²) in [5.41, 5.74) is 7.49. The van der Waals surface area contributed by atoms with Crippen LogP contribution >= 0.6 is 11.8 Å². The molecule has 3 aromatic rings. The zero-order chi connectivity index (χ0) is 22.1. The standard InChI is InChI=1S/C25H26N4OS/c1-16-7-6-8-20(13-16)26-25-27-24(30)23(31-25)15-19-14-17(2)29(18(19)3)22-11-9-21(10-12-22)28(4)5/h6-15H,1-5H3,(H,26,27,30)/b23-15+. The number of benzene rings is 2. The molecule has 1 aromatic heterocycles. The first-order valence-corrected chi connectivity index (χ1v) is 11.0. The van der Waals surface area contributed by atoms with Gasteiger partial charge >= 0.3 is 0 Å². The first-order valence-electron chi connectivity index (χ1n) is 10.1. The molecule has 0 aliphatic carbocycles. The minimum atomic E-state index is -0.114. The topological polar surface area (TPSA) is 49.6 Å². The van der Waals surface area contributed by atoms with Crippen molar-refractivity contribution in [3.63, 3.8) is 0 Å². The number of anilines is 1. The summed E-state index contributed by atoms with van der Waals surface area (Å²) in [5.74, 6) is -0.114. The van der Waals surface area contributed by atoms with Gasteiger partial charge in [0.25, 0.3) is 5.91 Å². The molecular weight excluding hydrogens is 404 g/mol. The van der Waals surface area contributed by atoms with Gasteiger partial charge in [0.05, 0.1) is 10.6 Å². The van der Waals surface area contributed by atoms with Crippen LogP contribution in [0.1, 0.15) is 22.5 Å². The monoisotopic (exact) mass is 430 g/mol. The van der Waals surface area contributed by atoms with Crippen molar-refractivity contribution in [2.24, 2.45) is 4.99 Å². The second kappa shape index (κ2) is 8.47. The van der Waals surface area contributed by atoms with Gasteiger partial charge in [0, 0.05) is 36.9 Å². The maximum Gasteiger partial charge on any atom is 0.264 e. The minimum Gasteiger partial charge on any atom is -0.378 e. The van der Waals surface area contributed by atoms with E-state index in [-0.39, 0.29) is 5.91 Å². The van der Waals surface area contributed by atoms with Crippen LogP contribution in [-0.2, 0) is 4.79 Å². The summed E-state index contributed by atoms with van der Waals surface area (Å²) in [6.45, 7) is 6.19. The smallest absolute Gasteiger partial charge is 0.264 e. The van der Waals surface area contributed by atoms with Gasteiger partial charge in [-0.25, -0.2) is 4.99 Å². The summed E-state index contributed by atoms with van der Waals surface area (Å²) < 4.78 is 2.21. The third-order valence-corrected chi connectivity index (χ3v) is 6.17. The van der Waals surface area contributed by atoms with E-state index in [1.165, 1.54) is 11.8 Å². The van der Waals surface area contributed by atoms with Gasteiger partial charge in [-0.1, -0.05) is 12.1 Å². The number of hydrogen-bond acceptors (Lipinski definition) is 4. The van der Waals surface area contributed by atoms with E-state index in [0.29, 0.717) is 10.1 Å². The molecule has 158 valence electrons. The second-order valence-corrected chi connectivity index (χ2v) is 8.92. The van der Waals surface area contributed by atoms with Crippen LogP contribution in [0.2, 0.25) is 0 Å². The van der Waals surface area contributed by atoms with Crippen LogP contribution in [-0.4, -0.2) is 29.7 Å². The van der Waals surface area contributed by atoms with E-state index in [4.69, 9.17) is 0 Å². The summed E-state index contributed by atoms with van der Waals surface area (Å²) in [5, 5.41) is 3.48. The van der Waals surface area contributed by atoms with Crippen LogP contribution in [0.25, 0.3) is 11.8 Å². The zero-order valence-corrected chi connectivity index (χ0v) is 19.2. The Morgan fingerprint density at radius 1 is 1.03 bits per heavy atom. The molecule has 0 atom stereocenters. The SMILES string of the molecule is Cc1cccc(N=C2NC(=O)/C(=C\c3cc(C)n(-c4ccc(N(C)C)cc4)c3C)S2)c1. The molecular formula is C25H26N4OS. The van der Waals surface area contributed by atoms with E-state index in [9.17, 15) is 4.79 Å². The summed E-state index contributed by atoms with van der Waals surface area (Å²) in [6, 6.07) is 18.5. The maximum absolute atomic E-state index is 12.5. The fourth-order valence-electron chi connectivity index (χ4n) is 3.67. The third-order valence-electron chi connectivity index (χ3n) is 5.26. The number of nitrogens with zero attached hydrogens (tertiary/aromatic N) is 3. The highest BCUT2D eigenvalue weighted by atomic mass is 32.2. The Hall–Kier alpha value is -3.25. The molecule has 5 nitrogen and oxygen atoms in total. The molecule has 1 aliphatic rings. The predicted octanol–water partition coefficient (Wildman–Crippen LogP) is 5.36. The van der Waals surface area contributed by atoms with Gasteiger partial charge in [-0.3, -0.25) is 4.79 Å². The number of amidine groups is 1. The fourth-order valence-corrected chi connectivity index (χ4v) is 4.50. The molecule has 0 bridgehead atoms.